The van der Waals surface area contributed by atoms with Crippen LogP contribution >= 0.6 is 0 Å². The number of hydrogen-bond acceptors (Lipinski definition) is 4. The number of hydrogen-bond donors (Lipinski definition) is 1. The molecule has 0 fully saturated rings. The minimum atomic E-state index is -0.724. The molecule has 152 valence electrons. The van der Waals surface area contributed by atoms with Gasteiger partial charge >= 0.3 is 0 Å². The average molecular weight is 397 g/mol. The van der Waals surface area contributed by atoms with Gasteiger partial charge in [0.1, 0.15) is 11.5 Å². The van der Waals surface area contributed by atoms with E-state index in [0.717, 1.165) is 5.56 Å². The van der Waals surface area contributed by atoms with Crippen LogP contribution in [0.5, 0.6) is 0 Å². The zero-order valence-electron chi connectivity index (χ0n) is 16.7. The Kier molecular flexibility index (Phi) is 6.74. The SMILES string of the molecule is CCn1c(C(=O)NCc2ccccc2)nc(-c2ccc(F)cc2)c1C(OC)OC. The molecule has 0 atom stereocenters. The largest absolute Gasteiger partial charge is 0.350 e. The van der Waals surface area contributed by atoms with E-state index in [2.05, 4.69) is 10.3 Å². The van der Waals surface area contributed by atoms with Crippen molar-refractivity contribution in [3.63, 3.8) is 0 Å². The fraction of sp³-hybridized carbons (Fsp3) is 0.273. The molecule has 3 aromatic rings. The van der Waals surface area contributed by atoms with Gasteiger partial charge in [0, 0.05) is 32.9 Å². The van der Waals surface area contributed by atoms with Gasteiger partial charge < -0.3 is 19.4 Å². The number of methoxy groups -OCH3 is 2. The normalized spacial score (nSPS) is 11.1. The fourth-order valence-corrected chi connectivity index (χ4v) is 3.19. The van der Waals surface area contributed by atoms with E-state index < -0.39 is 6.29 Å². The minimum Gasteiger partial charge on any atom is -0.350 e. The van der Waals surface area contributed by atoms with E-state index in [-0.39, 0.29) is 17.5 Å². The molecule has 1 heterocycles. The lowest BCUT2D eigenvalue weighted by molar-refractivity contribution is -0.110. The van der Waals surface area contributed by atoms with Gasteiger partial charge in [0.15, 0.2) is 5.82 Å². The molecule has 0 aliphatic carbocycles. The monoisotopic (exact) mass is 397 g/mol. The Labute approximate surface area is 169 Å². The summed E-state index contributed by atoms with van der Waals surface area (Å²) in [5.41, 5.74) is 2.78. The molecule has 0 aliphatic heterocycles. The third-order valence-corrected chi connectivity index (χ3v) is 4.59. The molecular weight excluding hydrogens is 373 g/mol. The number of carbonyl (C=O) groups excluding carboxylic acids is 1. The highest BCUT2D eigenvalue weighted by Crippen LogP contribution is 2.31. The molecule has 1 aromatic heterocycles. The molecule has 0 bridgehead atoms. The number of amides is 1. The van der Waals surface area contributed by atoms with Crippen molar-refractivity contribution in [1.29, 1.82) is 0 Å². The van der Waals surface area contributed by atoms with Crippen LogP contribution in [0.1, 0.15) is 35.1 Å². The molecule has 0 radical (unpaired) electrons. The predicted molar refractivity (Wildman–Crippen MR) is 108 cm³/mol. The highest BCUT2D eigenvalue weighted by molar-refractivity contribution is 5.92. The van der Waals surface area contributed by atoms with Crippen LogP contribution in [0.3, 0.4) is 0 Å². The zero-order chi connectivity index (χ0) is 20.8. The molecular formula is C22H24FN3O3. The Balaban J connectivity index is 2.01. The van der Waals surface area contributed by atoms with Gasteiger partial charge in [0.2, 0.25) is 6.29 Å². The molecule has 2 aromatic carbocycles. The molecule has 0 unspecified atom stereocenters. The first-order valence-corrected chi connectivity index (χ1v) is 9.33. The van der Waals surface area contributed by atoms with Gasteiger partial charge in [-0.05, 0) is 36.8 Å². The van der Waals surface area contributed by atoms with Gasteiger partial charge in [0.25, 0.3) is 5.91 Å². The Hall–Kier alpha value is -3.03. The molecule has 1 N–H and O–H groups in total. The van der Waals surface area contributed by atoms with Crippen molar-refractivity contribution in [2.45, 2.75) is 26.3 Å². The smallest absolute Gasteiger partial charge is 0.287 e. The Bertz CT molecular complexity index is 951. The number of halogens is 1. The van der Waals surface area contributed by atoms with E-state index in [0.29, 0.717) is 30.0 Å². The molecule has 0 saturated carbocycles. The lowest BCUT2D eigenvalue weighted by Crippen LogP contribution is -2.27. The summed E-state index contributed by atoms with van der Waals surface area (Å²) in [6, 6.07) is 15.6. The van der Waals surface area contributed by atoms with Crippen molar-refractivity contribution in [3.05, 3.63) is 77.5 Å². The van der Waals surface area contributed by atoms with Gasteiger partial charge in [-0.1, -0.05) is 30.3 Å². The Morgan fingerprint density at radius 2 is 1.76 bits per heavy atom. The molecule has 0 aliphatic rings. The Morgan fingerprint density at radius 3 is 2.34 bits per heavy atom. The van der Waals surface area contributed by atoms with Crippen molar-refractivity contribution in [3.8, 4) is 11.3 Å². The maximum absolute atomic E-state index is 13.4. The zero-order valence-corrected chi connectivity index (χ0v) is 16.7. The predicted octanol–water partition coefficient (Wildman–Crippen LogP) is 3.93. The quantitative estimate of drug-likeness (QED) is 0.585. The number of carbonyl (C=O) groups is 1. The molecule has 0 saturated heterocycles. The Morgan fingerprint density at radius 1 is 1.10 bits per heavy atom. The molecule has 7 heteroatoms. The van der Waals surface area contributed by atoms with E-state index in [1.807, 2.05) is 37.3 Å². The number of rotatable bonds is 8. The van der Waals surface area contributed by atoms with Crippen LogP contribution in [0.25, 0.3) is 11.3 Å². The lowest BCUT2D eigenvalue weighted by Gasteiger charge is -2.18. The second kappa shape index (κ2) is 9.45. The van der Waals surface area contributed by atoms with Crippen molar-refractivity contribution in [2.75, 3.05) is 14.2 Å². The first kappa shape index (κ1) is 20.7. The summed E-state index contributed by atoms with van der Waals surface area (Å²) in [7, 11) is 3.04. The number of nitrogens with zero attached hydrogens (tertiary/aromatic N) is 2. The fourth-order valence-electron chi connectivity index (χ4n) is 3.19. The summed E-state index contributed by atoms with van der Waals surface area (Å²) in [5.74, 6) is -0.408. The van der Waals surface area contributed by atoms with Gasteiger partial charge in [-0.3, -0.25) is 4.79 Å². The average Bonchev–Trinajstić information content (AvgIpc) is 3.14. The third kappa shape index (κ3) is 4.52. The number of aromatic nitrogens is 2. The van der Waals surface area contributed by atoms with Crippen LogP contribution in [0.2, 0.25) is 0 Å². The number of ether oxygens (including phenoxy) is 2. The van der Waals surface area contributed by atoms with E-state index in [9.17, 15) is 9.18 Å². The number of benzene rings is 2. The summed E-state index contributed by atoms with van der Waals surface area (Å²) < 4.78 is 26.1. The molecule has 6 nitrogen and oxygen atoms in total. The van der Waals surface area contributed by atoms with Crippen LogP contribution in [0.4, 0.5) is 4.39 Å². The standard InChI is InChI=1S/C22H24FN3O3/c1-4-26-19(22(28-2)29-3)18(16-10-12-17(23)13-11-16)25-20(26)21(27)24-14-15-8-6-5-7-9-15/h5-13,22H,4,14H2,1-3H3,(H,24,27). The highest BCUT2D eigenvalue weighted by Gasteiger charge is 2.27. The topological polar surface area (TPSA) is 65.4 Å². The van der Waals surface area contributed by atoms with Gasteiger partial charge in [-0.25, -0.2) is 9.37 Å². The van der Waals surface area contributed by atoms with Crippen LogP contribution in [0.15, 0.2) is 54.6 Å². The maximum Gasteiger partial charge on any atom is 0.287 e. The summed E-state index contributed by atoms with van der Waals surface area (Å²) in [5, 5.41) is 2.90. The van der Waals surface area contributed by atoms with Crippen molar-refractivity contribution < 1.29 is 18.7 Å². The molecule has 0 spiro atoms. The second-order valence-corrected chi connectivity index (χ2v) is 6.39. The molecule has 3 rings (SSSR count). The number of nitrogens with one attached hydrogen (secondary N) is 1. The van der Waals surface area contributed by atoms with Crippen LogP contribution in [0, 0.1) is 5.82 Å². The third-order valence-electron chi connectivity index (χ3n) is 4.59. The minimum absolute atomic E-state index is 0.247. The highest BCUT2D eigenvalue weighted by atomic mass is 19.1. The van der Waals surface area contributed by atoms with Crippen LogP contribution < -0.4 is 5.32 Å². The first-order valence-electron chi connectivity index (χ1n) is 9.33. The molecule has 1 amide bonds. The van der Waals surface area contributed by atoms with Gasteiger partial charge in [0.05, 0.1) is 5.69 Å². The summed E-state index contributed by atoms with van der Waals surface area (Å²) in [6.07, 6.45) is -0.724. The lowest BCUT2D eigenvalue weighted by atomic mass is 10.1. The van der Waals surface area contributed by atoms with Crippen molar-refractivity contribution in [2.24, 2.45) is 0 Å². The van der Waals surface area contributed by atoms with Crippen molar-refractivity contribution in [1.82, 2.24) is 14.9 Å². The van der Waals surface area contributed by atoms with E-state index >= 15 is 0 Å². The van der Waals surface area contributed by atoms with Crippen LogP contribution in [-0.2, 0) is 22.6 Å². The maximum atomic E-state index is 13.4. The van der Waals surface area contributed by atoms with E-state index in [4.69, 9.17) is 9.47 Å². The van der Waals surface area contributed by atoms with Crippen molar-refractivity contribution >= 4 is 5.91 Å². The summed E-state index contributed by atoms with van der Waals surface area (Å²) in [6.45, 7) is 2.78. The van der Waals surface area contributed by atoms with E-state index in [1.54, 1.807) is 16.7 Å². The van der Waals surface area contributed by atoms with Gasteiger partial charge in [-0.15, -0.1) is 0 Å². The second-order valence-electron chi connectivity index (χ2n) is 6.39. The van der Waals surface area contributed by atoms with E-state index in [1.165, 1.54) is 26.4 Å². The summed E-state index contributed by atoms with van der Waals surface area (Å²) >= 11 is 0. The van der Waals surface area contributed by atoms with Crippen LogP contribution in [-0.4, -0.2) is 29.7 Å². The molecule has 29 heavy (non-hydrogen) atoms. The summed E-state index contributed by atoms with van der Waals surface area (Å²) in [4.78, 5) is 17.5. The number of imidazole rings is 1. The first-order chi connectivity index (χ1) is 14.1. The van der Waals surface area contributed by atoms with Gasteiger partial charge in [-0.2, -0.15) is 0 Å².